The highest BCUT2D eigenvalue weighted by atomic mass is 16.2. The summed E-state index contributed by atoms with van der Waals surface area (Å²) in [6.45, 7) is 8.07. The smallest absolute Gasteiger partial charge is 0.224 e. The minimum absolute atomic E-state index is 0.160. The van der Waals surface area contributed by atoms with E-state index < -0.39 is 0 Å². The Bertz CT molecular complexity index is 210. The summed E-state index contributed by atoms with van der Waals surface area (Å²) in [5.74, 6) is 0.817. The van der Waals surface area contributed by atoms with E-state index in [4.69, 9.17) is 5.73 Å². The Morgan fingerprint density at radius 1 is 1.20 bits per heavy atom. The lowest BCUT2D eigenvalue weighted by atomic mass is 10.3. The van der Waals surface area contributed by atoms with Crippen LogP contribution in [0.15, 0.2) is 4.99 Å². The lowest BCUT2D eigenvalue weighted by Gasteiger charge is -2.17. The van der Waals surface area contributed by atoms with Gasteiger partial charge < -0.3 is 10.6 Å². The maximum absolute atomic E-state index is 11.6. The van der Waals surface area contributed by atoms with E-state index in [0.717, 1.165) is 25.9 Å². The normalized spacial score (nSPS) is 11.5. The summed E-state index contributed by atoms with van der Waals surface area (Å²) in [6.07, 6.45) is 2.28. The van der Waals surface area contributed by atoms with E-state index in [1.807, 2.05) is 18.7 Å². The van der Waals surface area contributed by atoms with Crippen LogP contribution in [-0.2, 0) is 4.79 Å². The van der Waals surface area contributed by atoms with Gasteiger partial charge in [0.15, 0.2) is 0 Å². The van der Waals surface area contributed by atoms with Crippen LogP contribution in [0.4, 0.5) is 0 Å². The van der Waals surface area contributed by atoms with Crippen LogP contribution in [0, 0.1) is 0 Å². The number of nitrogens with two attached hydrogens (primary N) is 1. The fourth-order valence-corrected chi connectivity index (χ4v) is 1.36. The van der Waals surface area contributed by atoms with E-state index in [1.54, 1.807) is 0 Å². The average molecular weight is 213 g/mol. The molecule has 0 fully saturated rings. The van der Waals surface area contributed by atoms with E-state index in [0.29, 0.717) is 18.8 Å². The van der Waals surface area contributed by atoms with E-state index in [2.05, 4.69) is 11.9 Å². The SMILES string of the molecule is CCCC(N)=NCCC(=O)N(CC)CC. The number of amidine groups is 1. The summed E-state index contributed by atoms with van der Waals surface area (Å²) < 4.78 is 0. The van der Waals surface area contributed by atoms with Crippen LogP contribution in [0.3, 0.4) is 0 Å². The molecule has 0 aromatic rings. The third-order valence-corrected chi connectivity index (χ3v) is 2.26. The summed E-state index contributed by atoms with van der Waals surface area (Å²) in [4.78, 5) is 17.5. The van der Waals surface area contributed by atoms with Gasteiger partial charge in [-0.25, -0.2) is 0 Å². The first-order valence-corrected chi connectivity index (χ1v) is 5.72. The van der Waals surface area contributed by atoms with Gasteiger partial charge in [0.05, 0.1) is 5.84 Å². The number of hydrogen-bond donors (Lipinski definition) is 1. The highest BCUT2D eigenvalue weighted by Gasteiger charge is 2.07. The zero-order chi connectivity index (χ0) is 11.7. The first-order chi connectivity index (χ1) is 7.15. The lowest BCUT2D eigenvalue weighted by Crippen LogP contribution is -2.30. The zero-order valence-corrected chi connectivity index (χ0v) is 10.1. The molecule has 0 saturated heterocycles. The minimum atomic E-state index is 0.160. The van der Waals surface area contributed by atoms with Crippen LogP contribution in [-0.4, -0.2) is 36.3 Å². The predicted octanol–water partition coefficient (Wildman–Crippen LogP) is 1.40. The van der Waals surface area contributed by atoms with Gasteiger partial charge in [0.2, 0.25) is 5.91 Å². The summed E-state index contributed by atoms with van der Waals surface area (Å²) in [6, 6.07) is 0. The Morgan fingerprint density at radius 2 is 1.80 bits per heavy atom. The van der Waals surface area contributed by atoms with Crippen molar-refractivity contribution in [2.75, 3.05) is 19.6 Å². The highest BCUT2D eigenvalue weighted by molar-refractivity contribution is 5.81. The maximum Gasteiger partial charge on any atom is 0.224 e. The molecule has 15 heavy (non-hydrogen) atoms. The first kappa shape index (κ1) is 13.9. The van der Waals surface area contributed by atoms with Gasteiger partial charge in [0, 0.05) is 32.5 Å². The molecule has 0 aliphatic rings. The number of amides is 1. The van der Waals surface area contributed by atoms with Gasteiger partial charge in [-0.05, 0) is 20.3 Å². The molecule has 4 nitrogen and oxygen atoms in total. The average Bonchev–Trinajstić information content (AvgIpc) is 2.20. The monoisotopic (exact) mass is 213 g/mol. The molecule has 0 radical (unpaired) electrons. The standard InChI is InChI=1S/C11H23N3O/c1-4-7-10(12)13-9-8-11(15)14(5-2)6-3/h4-9H2,1-3H3,(H2,12,13). The van der Waals surface area contributed by atoms with Gasteiger partial charge in [-0.15, -0.1) is 0 Å². The van der Waals surface area contributed by atoms with Crippen molar-refractivity contribution in [3.8, 4) is 0 Å². The molecule has 0 atom stereocenters. The fraction of sp³-hybridized carbons (Fsp3) is 0.818. The Hall–Kier alpha value is -1.06. The van der Waals surface area contributed by atoms with Gasteiger partial charge in [0.25, 0.3) is 0 Å². The van der Waals surface area contributed by atoms with Crippen molar-refractivity contribution in [1.82, 2.24) is 4.90 Å². The van der Waals surface area contributed by atoms with Crippen molar-refractivity contribution in [3.63, 3.8) is 0 Å². The number of carbonyl (C=O) groups excluding carboxylic acids is 1. The third-order valence-electron chi connectivity index (χ3n) is 2.26. The molecule has 0 rings (SSSR count). The first-order valence-electron chi connectivity index (χ1n) is 5.72. The molecule has 2 N–H and O–H groups in total. The summed E-state index contributed by atoms with van der Waals surface area (Å²) in [5, 5.41) is 0. The maximum atomic E-state index is 11.6. The molecule has 1 amide bonds. The zero-order valence-electron chi connectivity index (χ0n) is 10.1. The van der Waals surface area contributed by atoms with E-state index in [1.165, 1.54) is 0 Å². The Balaban J connectivity index is 3.85. The summed E-state index contributed by atoms with van der Waals surface area (Å²) >= 11 is 0. The van der Waals surface area contributed by atoms with Crippen LogP contribution < -0.4 is 5.73 Å². The summed E-state index contributed by atoms with van der Waals surface area (Å²) in [5.41, 5.74) is 5.64. The van der Waals surface area contributed by atoms with Gasteiger partial charge in [-0.1, -0.05) is 6.92 Å². The Kier molecular flexibility index (Phi) is 7.68. The Morgan fingerprint density at radius 3 is 2.27 bits per heavy atom. The largest absolute Gasteiger partial charge is 0.387 e. The molecule has 0 aromatic carbocycles. The van der Waals surface area contributed by atoms with Crippen LogP contribution in [0.25, 0.3) is 0 Å². The predicted molar refractivity (Wildman–Crippen MR) is 63.9 cm³/mol. The number of nitrogens with zero attached hydrogens (tertiary/aromatic N) is 2. The number of hydrogen-bond acceptors (Lipinski definition) is 2. The van der Waals surface area contributed by atoms with E-state index in [9.17, 15) is 4.79 Å². The molecule has 0 spiro atoms. The van der Waals surface area contributed by atoms with Crippen molar-refractivity contribution in [1.29, 1.82) is 0 Å². The van der Waals surface area contributed by atoms with Crippen LogP contribution in [0.5, 0.6) is 0 Å². The third kappa shape index (κ3) is 6.10. The lowest BCUT2D eigenvalue weighted by molar-refractivity contribution is -0.130. The van der Waals surface area contributed by atoms with Gasteiger partial charge >= 0.3 is 0 Å². The number of carbonyl (C=O) groups is 1. The van der Waals surface area contributed by atoms with Gasteiger partial charge in [0.1, 0.15) is 0 Å². The number of aliphatic imine (C=N–C) groups is 1. The van der Waals surface area contributed by atoms with Crippen LogP contribution in [0.1, 0.15) is 40.0 Å². The molecule has 0 aliphatic heterocycles. The molecule has 0 aromatic heterocycles. The second kappa shape index (κ2) is 8.26. The summed E-state index contributed by atoms with van der Waals surface area (Å²) in [7, 11) is 0. The van der Waals surface area contributed by atoms with E-state index in [-0.39, 0.29) is 5.91 Å². The number of rotatable bonds is 7. The van der Waals surface area contributed by atoms with Crippen LogP contribution in [0.2, 0.25) is 0 Å². The van der Waals surface area contributed by atoms with Crippen LogP contribution >= 0.6 is 0 Å². The molecule has 0 unspecified atom stereocenters. The van der Waals surface area contributed by atoms with Crippen molar-refractivity contribution < 1.29 is 4.79 Å². The molecule has 0 aliphatic carbocycles. The van der Waals surface area contributed by atoms with Gasteiger partial charge in [-0.3, -0.25) is 9.79 Å². The highest BCUT2D eigenvalue weighted by Crippen LogP contribution is 1.95. The molecule has 0 bridgehead atoms. The second-order valence-electron chi connectivity index (χ2n) is 3.44. The molecule has 0 saturated carbocycles. The van der Waals surface area contributed by atoms with Crippen molar-refractivity contribution in [3.05, 3.63) is 0 Å². The van der Waals surface area contributed by atoms with Crippen molar-refractivity contribution >= 4 is 11.7 Å². The van der Waals surface area contributed by atoms with Gasteiger partial charge in [-0.2, -0.15) is 0 Å². The van der Waals surface area contributed by atoms with Crippen molar-refractivity contribution in [2.24, 2.45) is 10.7 Å². The molecule has 4 heteroatoms. The van der Waals surface area contributed by atoms with E-state index >= 15 is 0 Å². The molecular formula is C11H23N3O. The molecular weight excluding hydrogens is 190 g/mol. The minimum Gasteiger partial charge on any atom is -0.387 e. The molecule has 0 heterocycles. The topological polar surface area (TPSA) is 58.7 Å². The molecule has 88 valence electrons. The second-order valence-corrected chi connectivity index (χ2v) is 3.44. The van der Waals surface area contributed by atoms with Crippen molar-refractivity contribution in [2.45, 2.75) is 40.0 Å². The fourth-order valence-electron chi connectivity index (χ4n) is 1.36. The quantitative estimate of drug-likeness (QED) is 0.513. The Labute approximate surface area is 92.5 Å².